The first-order valence-electron chi connectivity index (χ1n) is 3.35. The predicted molar refractivity (Wildman–Crippen MR) is 52.6 cm³/mol. The van der Waals surface area contributed by atoms with Crippen molar-refractivity contribution in [2.24, 2.45) is 0 Å². The van der Waals surface area contributed by atoms with Crippen LogP contribution in [0.4, 0.5) is 0 Å². The van der Waals surface area contributed by atoms with Gasteiger partial charge in [-0.3, -0.25) is 11.8 Å². The van der Waals surface area contributed by atoms with Crippen LogP contribution in [0.2, 0.25) is 0 Å². The number of carbonyl (C=O) groups excluding carboxylic acids is 1. The van der Waals surface area contributed by atoms with Crippen molar-refractivity contribution in [2.75, 3.05) is 0 Å². The Balaban J connectivity index is 0. The van der Waals surface area contributed by atoms with Crippen LogP contribution in [0.15, 0.2) is 24.5 Å². The molecule has 78 valence electrons. The molecule has 2 aromatic heterocycles. The van der Waals surface area contributed by atoms with E-state index in [1.807, 2.05) is 18.3 Å². The fourth-order valence-corrected chi connectivity index (χ4v) is 1.01. The summed E-state index contributed by atoms with van der Waals surface area (Å²) in [5.41, 5.74) is 1.91. The maximum absolute atomic E-state index is 7.75. The number of aromatic amines is 1. The van der Waals surface area contributed by atoms with Gasteiger partial charge in [0.15, 0.2) is 0 Å². The Morgan fingerprint density at radius 3 is 2.64 bits per heavy atom. The summed E-state index contributed by atoms with van der Waals surface area (Å²) in [7, 11) is 0. The summed E-state index contributed by atoms with van der Waals surface area (Å²) in [6, 6.07) is 3.91. The van der Waals surface area contributed by atoms with Crippen LogP contribution in [0.25, 0.3) is 17.2 Å². The Hall–Kier alpha value is -1.17. The molecule has 0 aromatic carbocycles. The van der Waals surface area contributed by atoms with Gasteiger partial charge in [0, 0.05) is 26.0 Å². The van der Waals surface area contributed by atoms with E-state index in [2.05, 4.69) is 23.7 Å². The molecule has 2 rings (SSSR count). The molecule has 0 amide bonds. The number of nitrogens with one attached hydrogen (secondary N) is 1. The first kappa shape index (κ1) is 15.3. The summed E-state index contributed by atoms with van der Waals surface area (Å²) in [4.78, 5) is 14.9. The third-order valence-corrected chi connectivity index (χ3v) is 1.54. The molecule has 0 radical (unpaired) electrons. The third kappa shape index (κ3) is 2.95. The molecule has 0 atom stereocenters. The number of hydrogen-bond acceptors (Lipinski definition) is 2. The van der Waals surface area contributed by atoms with Crippen molar-refractivity contribution >= 4 is 17.8 Å². The summed E-state index contributed by atoms with van der Waals surface area (Å²) < 4.78 is 0. The molecule has 2 heterocycles. The smallest absolute Gasteiger partial charge is 0.0695 e. The SMILES string of the molecule is [CH-]=O.[CH2-]c1c[nH]c2ncccc12.[NH2-].[Os]. The van der Waals surface area contributed by atoms with Crippen LogP contribution < -0.4 is 0 Å². The van der Waals surface area contributed by atoms with Crippen molar-refractivity contribution in [3.8, 4) is 0 Å². The van der Waals surface area contributed by atoms with Crippen LogP contribution in [0.5, 0.6) is 0 Å². The molecule has 14 heavy (non-hydrogen) atoms. The Bertz CT molecular complexity index is 375. The van der Waals surface area contributed by atoms with Gasteiger partial charge in [-0.2, -0.15) is 12.5 Å². The summed E-state index contributed by atoms with van der Waals surface area (Å²) >= 11 is 0. The number of aromatic nitrogens is 2. The van der Waals surface area contributed by atoms with Gasteiger partial charge in [0.05, 0.1) is 5.65 Å². The number of pyridine rings is 1. The Kier molecular flexibility index (Phi) is 7.93. The summed E-state index contributed by atoms with van der Waals surface area (Å²) in [6.07, 6.45) is 3.62. The van der Waals surface area contributed by atoms with Gasteiger partial charge in [-0.1, -0.05) is 17.6 Å². The van der Waals surface area contributed by atoms with Gasteiger partial charge in [0.1, 0.15) is 0 Å². The third-order valence-electron chi connectivity index (χ3n) is 1.54. The van der Waals surface area contributed by atoms with Gasteiger partial charge < -0.3 is 15.9 Å². The molecule has 4 nitrogen and oxygen atoms in total. The topological polar surface area (TPSA) is 79.2 Å². The molecule has 0 saturated heterocycles. The van der Waals surface area contributed by atoms with Crippen molar-refractivity contribution in [1.29, 1.82) is 0 Å². The average molecular weight is 366 g/mol. The predicted octanol–water partition coefficient (Wildman–Crippen LogP) is 2.19. The monoisotopic (exact) mass is 368 g/mol. The standard InChI is InChI=1S/C8H7N2.CHO.H2N.Os/c1-6-5-10-8-7(6)3-2-4-9-8;1-2;;/h2-5H,1H2,(H,9,10);1H;1H2;/q3*-1;. The number of rotatable bonds is 0. The van der Waals surface area contributed by atoms with Crippen LogP contribution in [-0.2, 0) is 24.6 Å². The van der Waals surface area contributed by atoms with Crippen molar-refractivity contribution in [1.82, 2.24) is 9.97 Å². The Morgan fingerprint density at radius 2 is 2.07 bits per heavy atom. The van der Waals surface area contributed by atoms with Crippen molar-refractivity contribution < 1.29 is 24.6 Å². The second-order valence-corrected chi connectivity index (χ2v) is 2.21. The van der Waals surface area contributed by atoms with Crippen LogP contribution in [0, 0.1) is 6.92 Å². The number of fused-ring (bicyclic) bond motifs is 1. The molecule has 0 fully saturated rings. The molecule has 2 aromatic rings. The summed E-state index contributed by atoms with van der Waals surface area (Å²) in [6.45, 7) is 7.09. The van der Waals surface area contributed by atoms with E-state index in [1.165, 1.54) is 0 Å². The van der Waals surface area contributed by atoms with E-state index in [1.54, 1.807) is 6.20 Å². The quantitative estimate of drug-likeness (QED) is 0.573. The van der Waals surface area contributed by atoms with Crippen LogP contribution in [-0.4, -0.2) is 16.8 Å². The second-order valence-electron chi connectivity index (χ2n) is 2.21. The minimum atomic E-state index is 0. The summed E-state index contributed by atoms with van der Waals surface area (Å²) in [5.74, 6) is 0. The molecule has 0 aliphatic carbocycles. The zero-order valence-electron chi connectivity index (χ0n) is 7.38. The number of nitrogens with zero attached hydrogens (tertiary/aromatic N) is 1. The molecule has 5 heteroatoms. The van der Waals surface area contributed by atoms with E-state index in [0.29, 0.717) is 0 Å². The second kappa shape index (κ2) is 7.25. The molecule has 0 bridgehead atoms. The molecule has 3 N–H and O–H groups in total. The molecular formula is C9H10N3OOs-3. The van der Waals surface area contributed by atoms with E-state index in [4.69, 9.17) is 4.79 Å². The first-order chi connectivity index (χ1) is 5.88. The van der Waals surface area contributed by atoms with Crippen LogP contribution >= 0.6 is 0 Å². The molecule has 0 aliphatic rings. The average Bonchev–Trinajstić information content (AvgIpc) is 2.53. The van der Waals surface area contributed by atoms with Gasteiger partial charge in [0.2, 0.25) is 0 Å². The minimum absolute atomic E-state index is 0. The Morgan fingerprint density at radius 1 is 1.43 bits per heavy atom. The van der Waals surface area contributed by atoms with E-state index >= 15 is 0 Å². The van der Waals surface area contributed by atoms with E-state index < -0.39 is 0 Å². The van der Waals surface area contributed by atoms with Crippen molar-refractivity contribution in [2.45, 2.75) is 0 Å². The summed E-state index contributed by atoms with van der Waals surface area (Å²) in [5, 5.41) is 1.10. The van der Waals surface area contributed by atoms with E-state index in [9.17, 15) is 0 Å². The number of nitrogens with two attached hydrogens (primary N) is 1. The molecule has 0 aliphatic heterocycles. The fourth-order valence-electron chi connectivity index (χ4n) is 1.01. The molecule has 0 saturated carbocycles. The van der Waals surface area contributed by atoms with Gasteiger partial charge in [0.25, 0.3) is 0 Å². The Labute approximate surface area is 95.8 Å². The van der Waals surface area contributed by atoms with Gasteiger partial charge >= 0.3 is 0 Å². The number of hydrogen-bond donors (Lipinski definition) is 1. The van der Waals surface area contributed by atoms with Crippen LogP contribution in [0.1, 0.15) is 5.56 Å². The number of H-pyrrole nitrogens is 1. The van der Waals surface area contributed by atoms with Gasteiger partial charge in [-0.25, -0.2) is 0 Å². The van der Waals surface area contributed by atoms with Gasteiger partial charge in [-0.05, 0) is 0 Å². The first-order valence-corrected chi connectivity index (χ1v) is 3.35. The zero-order valence-corrected chi connectivity index (χ0v) is 9.92. The van der Waals surface area contributed by atoms with Gasteiger partial charge in [-0.15, -0.1) is 6.07 Å². The fraction of sp³-hybridized carbons (Fsp3) is 0. The minimum Gasteiger partial charge on any atom is -0.693 e. The van der Waals surface area contributed by atoms with E-state index in [-0.39, 0.29) is 25.9 Å². The van der Waals surface area contributed by atoms with Crippen LogP contribution in [0.3, 0.4) is 0 Å². The normalized spacial score (nSPS) is 7.71. The van der Waals surface area contributed by atoms with E-state index in [0.717, 1.165) is 16.6 Å². The zero-order chi connectivity index (χ0) is 8.97. The molecular weight excluding hydrogens is 356 g/mol. The van der Waals surface area contributed by atoms with Crippen molar-refractivity contribution in [3.63, 3.8) is 0 Å². The van der Waals surface area contributed by atoms with Crippen molar-refractivity contribution in [3.05, 3.63) is 43.2 Å². The maximum atomic E-state index is 7.75. The maximum Gasteiger partial charge on any atom is 0.0695 e. The molecule has 0 spiro atoms. The largest absolute Gasteiger partial charge is 0.693 e. The molecule has 0 unspecified atom stereocenters.